The highest BCUT2D eigenvalue weighted by atomic mass is 35.5. The number of nitrogens with one attached hydrogen (secondary N) is 1. The molecule has 0 atom stereocenters. The Bertz CT molecular complexity index is 632. The predicted octanol–water partition coefficient (Wildman–Crippen LogP) is 5.37. The first-order valence-electron chi connectivity index (χ1n) is 7.72. The summed E-state index contributed by atoms with van der Waals surface area (Å²) in [7, 11) is 0. The number of thiazole rings is 1. The predicted molar refractivity (Wildman–Crippen MR) is 92.4 cm³/mol. The molecule has 3 nitrogen and oxygen atoms in total. The lowest BCUT2D eigenvalue weighted by atomic mass is 10.0. The zero-order valence-corrected chi connectivity index (χ0v) is 13.9. The van der Waals surface area contributed by atoms with Crippen LogP contribution >= 0.6 is 22.9 Å². The number of nitrogens with zero attached hydrogens (tertiary/aromatic N) is 1. The van der Waals surface area contributed by atoms with Gasteiger partial charge in [0.2, 0.25) is 5.91 Å². The van der Waals surface area contributed by atoms with E-state index < -0.39 is 0 Å². The molecule has 22 heavy (non-hydrogen) atoms. The Morgan fingerprint density at radius 1 is 1.27 bits per heavy atom. The Hall–Kier alpha value is -1.39. The molecule has 2 aromatic rings. The monoisotopic (exact) mass is 334 g/mol. The van der Waals surface area contributed by atoms with Crippen molar-refractivity contribution in [3.8, 4) is 11.3 Å². The van der Waals surface area contributed by atoms with Crippen LogP contribution in [0.2, 0.25) is 5.02 Å². The molecule has 3 rings (SSSR count). The zero-order chi connectivity index (χ0) is 15.4. The number of rotatable bonds is 5. The Kier molecular flexibility index (Phi) is 5.11. The molecule has 0 aliphatic heterocycles. The summed E-state index contributed by atoms with van der Waals surface area (Å²) in [5.41, 5.74) is 1.87. The summed E-state index contributed by atoms with van der Waals surface area (Å²) in [5, 5.41) is 6.24. The fourth-order valence-electron chi connectivity index (χ4n) is 2.90. The summed E-state index contributed by atoms with van der Waals surface area (Å²) in [6.45, 7) is 0. The van der Waals surface area contributed by atoms with E-state index in [0.717, 1.165) is 23.6 Å². The number of hydrogen-bond donors (Lipinski definition) is 1. The molecule has 1 aliphatic carbocycles. The van der Waals surface area contributed by atoms with Crippen LogP contribution < -0.4 is 5.32 Å². The normalized spacial score (nSPS) is 15.1. The molecule has 0 unspecified atom stereocenters. The van der Waals surface area contributed by atoms with Crippen LogP contribution in [-0.2, 0) is 4.79 Å². The summed E-state index contributed by atoms with van der Waals surface area (Å²) in [4.78, 5) is 16.5. The first kappa shape index (κ1) is 15.5. The van der Waals surface area contributed by atoms with Crippen molar-refractivity contribution in [3.05, 3.63) is 34.7 Å². The summed E-state index contributed by atoms with van der Waals surface area (Å²) in [6, 6.07) is 7.55. The lowest BCUT2D eigenvalue weighted by Crippen LogP contribution is -2.12. The van der Waals surface area contributed by atoms with Crippen molar-refractivity contribution in [2.24, 2.45) is 5.92 Å². The second-order valence-corrected chi connectivity index (χ2v) is 7.08. The number of aromatic nitrogens is 1. The van der Waals surface area contributed by atoms with E-state index in [4.69, 9.17) is 11.6 Å². The number of carbonyl (C=O) groups is 1. The van der Waals surface area contributed by atoms with Crippen LogP contribution in [0.4, 0.5) is 5.13 Å². The molecule has 1 amide bonds. The Morgan fingerprint density at radius 2 is 2.00 bits per heavy atom. The van der Waals surface area contributed by atoms with Gasteiger partial charge < -0.3 is 5.32 Å². The number of benzene rings is 1. The molecule has 1 aliphatic rings. The largest absolute Gasteiger partial charge is 0.302 e. The standard InChI is InChI=1S/C17H19ClN2OS/c18-14-8-6-13(7-9-14)15-11-22-17(19-15)20-16(21)10-5-12-3-1-2-4-12/h6-9,11-12H,1-5,10H2,(H,19,20,21). The highest BCUT2D eigenvalue weighted by Crippen LogP contribution is 2.29. The third kappa shape index (κ3) is 4.08. The molecule has 1 fully saturated rings. The molecule has 5 heteroatoms. The second kappa shape index (κ2) is 7.25. The number of hydrogen-bond acceptors (Lipinski definition) is 3. The zero-order valence-electron chi connectivity index (χ0n) is 12.3. The van der Waals surface area contributed by atoms with Gasteiger partial charge in [-0.3, -0.25) is 4.79 Å². The molecule has 1 aromatic carbocycles. The topological polar surface area (TPSA) is 42.0 Å². The van der Waals surface area contributed by atoms with Crippen LogP contribution in [0.3, 0.4) is 0 Å². The van der Waals surface area contributed by atoms with Crippen molar-refractivity contribution in [3.63, 3.8) is 0 Å². The fourth-order valence-corrected chi connectivity index (χ4v) is 3.76. The Balaban J connectivity index is 1.54. The lowest BCUT2D eigenvalue weighted by Gasteiger charge is -2.07. The SMILES string of the molecule is O=C(CCC1CCCC1)Nc1nc(-c2ccc(Cl)cc2)cs1. The van der Waals surface area contributed by atoms with E-state index >= 15 is 0 Å². The number of halogens is 1. The second-order valence-electron chi connectivity index (χ2n) is 5.78. The van der Waals surface area contributed by atoms with Crippen LogP contribution in [0, 0.1) is 5.92 Å². The van der Waals surface area contributed by atoms with Gasteiger partial charge in [-0.05, 0) is 24.5 Å². The van der Waals surface area contributed by atoms with E-state index in [1.165, 1.54) is 37.0 Å². The fraction of sp³-hybridized carbons (Fsp3) is 0.412. The molecule has 0 radical (unpaired) electrons. The van der Waals surface area contributed by atoms with Crippen LogP contribution in [-0.4, -0.2) is 10.9 Å². The van der Waals surface area contributed by atoms with E-state index in [2.05, 4.69) is 10.3 Å². The number of anilines is 1. The highest BCUT2D eigenvalue weighted by Gasteiger charge is 2.16. The van der Waals surface area contributed by atoms with Crippen molar-refractivity contribution in [1.29, 1.82) is 0 Å². The van der Waals surface area contributed by atoms with Gasteiger partial charge in [-0.2, -0.15) is 0 Å². The third-order valence-corrected chi connectivity index (χ3v) is 5.15. The Labute approximate surface area is 139 Å². The minimum atomic E-state index is 0.0731. The van der Waals surface area contributed by atoms with Gasteiger partial charge in [-0.25, -0.2) is 4.98 Å². The molecular weight excluding hydrogens is 316 g/mol. The first-order valence-corrected chi connectivity index (χ1v) is 8.98. The first-order chi connectivity index (χ1) is 10.7. The molecule has 1 heterocycles. The molecule has 0 bridgehead atoms. The summed E-state index contributed by atoms with van der Waals surface area (Å²) in [6.07, 6.45) is 6.81. The third-order valence-electron chi connectivity index (χ3n) is 4.14. The van der Waals surface area contributed by atoms with Crippen molar-refractivity contribution < 1.29 is 4.79 Å². The summed E-state index contributed by atoms with van der Waals surface area (Å²) < 4.78 is 0. The van der Waals surface area contributed by atoms with Gasteiger partial charge in [-0.15, -0.1) is 11.3 Å². The minimum absolute atomic E-state index is 0.0731. The van der Waals surface area contributed by atoms with Crippen molar-refractivity contribution in [2.75, 3.05) is 5.32 Å². The maximum Gasteiger partial charge on any atom is 0.226 e. The van der Waals surface area contributed by atoms with Gasteiger partial charge in [0, 0.05) is 22.4 Å². The van der Waals surface area contributed by atoms with Gasteiger partial charge in [0.15, 0.2) is 5.13 Å². The van der Waals surface area contributed by atoms with E-state index in [0.29, 0.717) is 16.6 Å². The Morgan fingerprint density at radius 3 is 2.73 bits per heavy atom. The number of carbonyl (C=O) groups excluding carboxylic acids is 1. The number of amides is 1. The van der Waals surface area contributed by atoms with Gasteiger partial charge in [0.05, 0.1) is 5.69 Å². The van der Waals surface area contributed by atoms with Crippen molar-refractivity contribution in [2.45, 2.75) is 38.5 Å². The maximum absolute atomic E-state index is 12.0. The summed E-state index contributed by atoms with van der Waals surface area (Å²) in [5.74, 6) is 0.815. The smallest absolute Gasteiger partial charge is 0.226 e. The minimum Gasteiger partial charge on any atom is -0.302 e. The van der Waals surface area contributed by atoms with Gasteiger partial charge >= 0.3 is 0 Å². The summed E-state index contributed by atoms with van der Waals surface area (Å²) >= 11 is 7.35. The van der Waals surface area contributed by atoms with Crippen LogP contribution in [0.25, 0.3) is 11.3 Å². The van der Waals surface area contributed by atoms with Crippen molar-refractivity contribution in [1.82, 2.24) is 4.98 Å². The average molecular weight is 335 g/mol. The molecule has 1 saturated carbocycles. The van der Waals surface area contributed by atoms with E-state index in [1.807, 2.05) is 29.6 Å². The molecule has 1 N–H and O–H groups in total. The van der Waals surface area contributed by atoms with Gasteiger partial charge in [0.25, 0.3) is 0 Å². The molecule has 116 valence electrons. The van der Waals surface area contributed by atoms with E-state index in [9.17, 15) is 4.79 Å². The van der Waals surface area contributed by atoms with Crippen LogP contribution in [0.15, 0.2) is 29.6 Å². The van der Waals surface area contributed by atoms with E-state index in [-0.39, 0.29) is 5.91 Å². The average Bonchev–Trinajstić information content (AvgIpc) is 3.17. The quantitative estimate of drug-likeness (QED) is 0.798. The van der Waals surface area contributed by atoms with Crippen LogP contribution in [0.1, 0.15) is 38.5 Å². The van der Waals surface area contributed by atoms with Gasteiger partial charge in [-0.1, -0.05) is 49.4 Å². The van der Waals surface area contributed by atoms with Crippen LogP contribution in [0.5, 0.6) is 0 Å². The van der Waals surface area contributed by atoms with E-state index in [1.54, 1.807) is 0 Å². The van der Waals surface area contributed by atoms with Crippen molar-refractivity contribution >= 4 is 34.0 Å². The molecular formula is C17H19ClN2OS. The molecule has 1 aromatic heterocycles. The van der Waals surface area contributed by atoms with Gasteiger partial charge in [0.1, 0.15) is 0 Å². The maximum atomic E-state index is 12.0. The highest BCUT2D eigenvalue weighted by molar-refractivity contribution is 7.14. The lowest BCUT2D eigenvalue weighted by molar-refractivity contribution is -0.116. The molecule has 0 spiro atoms. The molecule has 0 saturated heterocycles.